The first-order valence-corrected chi connectivity index (χ1v) is 6.94. The zero-order valence-electron chi connectivity index (χ0n) is 8.94. The summed E-state index contributed by atoms with van der Waals surface area (Å²) in [5.74, 6) is -0.635. The molecular weight excluding hydrogens is 267 g/mol. The van der Waals surface area contributed by atoms with Crippen molar-refractivity contribution in [2.45, 2.75) is 17.4 Å². The van der Waals surface area contributed by atoms with Gasteiger partial charge in [0, 0.05) is 19.1 Å². The molecular formula is C10H12ClFN2O2S. The summed E-state index contributed by atoms with van der Waals surface area (Å²) in [7, 11) is -3.61. The highest BCUT2D eigenvalue weighted by Gasteiger charge is 2.31. The first-order valence-electron chi connectivity index (χ1n) is 5.12. The quantitative estimate of drug-likeness (QED) is 0.884. The van der Waals surface area contributed by atoms with Crippen LogP contribution in [0.4, 0.5) is 4.39 Å². The van der Waals surface area contributed by atoms with Crippen LogP contribution < -0.4 is 5.73 Å². The predicted octanol–water partition coefficient (Wildman–Crippen LogP) is 1.20. The van der Waals surface area contributed by atoms with Crippen molar-refractivity contribution >= 4 is 21.6 Å². The summed E-state index contributed by atoms with van der Waals surface area (Å²) < 4.78 is 38.5. The first-order chi connectivity index (χ1) is 7.91. The van der Waals surface area contributed by atoms with Gasteiger partial charge < -0.3 is 5.73 Å². The minimum Gasteiger partial charge on any atom is -0.326 e. The lowest BCUT2D eigenvalue weighted by atomic mass is 10.3. The van der Waals surface area contributed by atoms with E-state index in [9.17, 15) is 12.8 Å². The highest BCUT2D eigenvalue weighted by Crippen LogP contribution is 2.24. The second kappa shape index (κ2) is 4.53. The van der Waals surface area contributed by atoms with Gasteiger partial charge in [0.1, 0.15) is 5.82 Å². The van der Waals surface area contributed by atoms with E-state index >= 15 is 0 Å². The molecule has 1 fully saturated rings. The van der Waals surface area contributed by atoms with E-state index in [0.717, 1.165) is 12.1 Å². The molecule has 2 N–H and O–H groups in total. The third kappa shape index (κ3) is 2.44. The molecule has 17 heavy (non-hydrogen) atoms. The Kier molecular flexibility index (Phi) is 3.40. The van der Waals surface area contributed by atoms with Crippen molar-refractivity contribution in [1.82, 2.24) is 4.31 Å². The van der Waals surface area contributed by atoms with Gasteiger partial charge in [0.2, 0.25) is 10.0 Å². The Hall–Kier alpha value is -0.690. The van der Waals surface area contributed by atoms with E-state index in [2.05, 4.69) is 0 Å². The van der Waals surface area contributed by atoms with E-state index in [0.29, 0.717) is 13.0 Å². The number of hydrogen-bond donors (Lipinski definition) is 1. The summed E-state index contributed by atoms with van der Waals surface area (Å²) >= 11 is 5.57. The van der Waals surface area contributed by atoms with E-state index in [4.69, 9.17) is 17.3 Å². The molecule has 0 aliphatic carbocycles. The highest BCUT2D eigenvalue weighted by molar-refractivity contribution is 7.89. The molecule has 4 nitrogen and oxygen atoms in total. The molecule has 1 aliphatic rings. The molecule has 1 aliphatic heterocycles. The van der Waals surface area contributed by atoms with Crippen LogP contribution >= 0.6 is 11.6 Å². The molecule has 0 saturated carbocycles. The van der Waals surface area contributed by atoms with Crippen LogP contribution in [0.2, 0.25) is 5.02 Å². The normalized spacial score (nSPS) is 21.9. The van der Waals surface area contributed by atoms with Crippen molar-refractivity contribution in [1.29, 1.82) is 0 Å². The predicted molar refractivity (Wildman–Crippen MR) is 62.8 cm³/mol. The molecule has 94 valence electrons. The van der Waals surface area contributed by atoms with Crippen LogP contribution in [0.3, 0.4) is 0 Å². The Morgan fingerprint density at radius 1 is 1.47 bits per heavy atom. The lowest BCUT2D eigenvalue weighted by Crippen LogP contribution is -2.31. The van der Waals surface area contributed by atoms with E-state index in [1.165, 1.54) is 10.4 Å². The summed E-state index contributed by atoms with van der Waals surface area (Å²) in [4.78, 5) is -0.00185. The minimum absolute atomic E-state index is 0.00185. The minimum atomic E-state index is -3.61. The Morgan fingerprint density at radius 2 is 2.18 bits per heavy atom. The van der Waals surface area contributed by atoms with Crippen molar-refractivity contribution in [3.8, 4) is 0 Å². The summed E-state index contributed by atoms with van der Waals surface area (Å²) in [6.45, 7) is 0.676. The number of nitrogens with zero attached hydrogens (tertiary/aromatic N) is 1. The maximum Gasteiger partial charge on any atom is 0.243 e. The SMILES string of the molecule is N[C@H]1CCN(S(=O)(=O)c2ccc(F)c(Cl)c2)C1. The van der Waals surface area contributed by atoms with Gasteiger partial charge in [0.15, 0.2) is 0 Å². The monoisotopic (exact) mass is 278 g/mol. The summed E-state index contributed by atoms with van der Waals surface area (Å²) in [6, 6.07) is 3.24. The Morgan fingerprint density at radius 3 is 2.71 bits per heavy atom. The van der Waals surface area contributed by atoms with Gasteiger partial charge in [-0.05, 0) is 24.6 Å². The Balaban J connectivity index is 2.35. The van der Waals surface area contributed by atoms with Gasteiger partial charge in [0.25, 0.3) is 0 Å². The molecule has 1 saturated heterocycles. The summed E-state index contributed by atoms with van der Waals surface area (Å²) in [6.07, 6.45) is 0.633. The zero-order chi connectivity index (χ0) is 12.6. The molecule has 1 aromatic carbocycles. The van der Waals surface area contributed by atoms with Crippen LogP contribution in [0.15, 0.2) is 23.1 Å². The number of nitrogens with two attached hydrogens (primary N) is 1. The van der Waals surface area contributed by atoms with Crippen molar-refractivity contribution in [3.63, 3.8) is 0 Å². The number of rotatable bonds is 2. The maximum atomic E-state index is 13.0. The molecule has 0 amide bonds. The van der Waals surface area contributed by atoms with E-state index in [1.807, 2.05) is 0 Å². The second-order valence-electron chi connectivity index (χ2n) is 3.99. The summed E-state index contributed by atoms with van der Waals surface area (Å²) in [5, 5.41) is -0.199. The molecule has 1 atom stereocenters. The smallest absolute Gasteiger partial charge is 0.243 e. The van der Waals surface area contributed by atoms with Crippen molar-refractivity contribution in [2.24, 2.45) is 5.73 Å². The molecule has 1 heterocycles. The molecule has 1 aromatic rings. The Bertz CT molecular complexity index is 535. The van der Waals surface area contributed by atoms with Gasteiger partial charge >= 0.3 is 0 Å². The van der Waals surface area contributed by atoms with Crippen LogP contribution in [0.5, 0.6) is 0 Å². The van der Waals surface area contributed by atoms with Crippen molar-refractivity contribution in [3.05, 3.63) is 29.0 Å². The van der Waals surface area contributed by atoms with Crippen LogP contribution in [0, 0.1) is 5.82 Å². The fraction of sp³-hybridized carbons (Fsp3) is 0.400. The van der Waals surface area contributed by atoms with E-state index in [1.54, 1.807) is 0 Å². The lowest BCUT2D eigenvalue weighted by Gasteiger charge is -2.16. The maximum absolute atomic E-state index is 13.0. The van der Waals surface area contributed by atoms with Crippen molar-refractivity contribution < 1.29 is 12.8 Å². The molecule has 7 heteroatoms. The molecule has 2 rings (SSSR count). The van der Waals surface area contributed by atoms with Crippen LogP contribution in [0.1, 0.15) is 6.42 Å². The van der Waals surface area contributed by atoms with Gasteiger partial charge in [-0.25, -0.2) is 12.8 Å². The average Bonchev–Trinajstić information content (AvgIpc) is 2.69. The standard InChI is InChI=1S/C10H12ClFN2O2S/c11-9-5-8(1-2-10(9)12)17(15,16)14-4-3-7(13)6-14/h1-2,5,7H,3-4,6,13H2/t7-/m0/s1. The molecule has 0 bridgehead atoms. The van der Waals surface area contributed by atoms with E-state index in [-0.39, 0.29) is 22.5 Å². The molecule has 0 radical (unpaired) electrons. The zero-order valence-corrected chi connectivity index (χ0v) is 10.5. The van der Waals surface area contributed by atoms with Gasteiger partial charge in [-0.15, -0.1) is 0 Å². The number of hydrogen-bond acceptors (Lipinski definition) is 3. The second-order valence-corrected chi connectivity index (χ2v) is 6.33. The van der Waals surface area contributed by atoms with Gasteiger partial charge in [-0.1, -0.05) is 11.6 Å². The van der Waals surface area contributed by atoms with Gasteiger partial charge in [0.05, 0.1) is 9.92 Å². The third-order valence-electron chi connectivity index (χ3n) is 2.72. The molecule has 0 aromatic heterocycles. The third-order valence-corrected chi connectivity index (χ3v) is 4.87. The van der Waals surface area contributed by atoms with Gasteiger partial charge in [-0.3, -0.25) is 0 Å². The fourth-order valence-corrected chi connectivity index (χ4v) is 3.54. The number of benzene rings is 1. The number of sulfonamides is 1. The first kappa shape index (κ1) is 12.8. The highest BCUT2D eigenvalue weighted by atomic mass is 35.5. The van der Waals surface area contributed by atoms with Crippen LogP contribution in [0.25, 0.3) is 0 Å². The van der Waals surface area contributed by atoms with Crippen LogP contribution in [-0.2, 0) is 10.0 Å². The topological polar surface area (TPSA) is 63.4 Å². The largest absolute Gasteiger partial charge is 0.326 e. The summed E-state index contributed by atoms with van der Waals surface area (Å²) in [5.41, 5.74) is 5.66. The molecule has 0 unspecified atom stereocenters. The lowest BCUT2D eigenvalue weighted by molar-refractivity contribution is 0.472. The van der Waals surface area contributed by atoms with Crippen molar-refractivity contribution in [2.75, 3.05) is 13.1 Å². The van der Waals surface area contributed by atoms with Gasteiger partial charge in [-0.2, -0.15) is 4.31 Å². The van der Waals surface area contributed by atoms with E-state index < -0.39 is 15.8 Å². The average molecular weight is 279 g/mol. The fourth-order valence-electron chi connectivity index (χ4n) is 1.76. The number of halogens is 2. The molecule has 0 spiro atoms. The van der Waals surface area contributed by atoms with Crippen LogP contribution in [-0.4, -0.2) is 31.9 Å². The Labute approximate surface area is 104 Å².